The second-order valence-electron chi connectivity index (χ2n) is 5.02. The number of aryl methyl sites for hydroxylation is 1. The summed E-state index contributed by atoms with van der Waals surface area (Å²) in [6, 6.07) is 8.28. The molecule has 0 saturated heterocycles. The molecule has 3 nitrogen and oxygen atoms in total. The van der Waals surface area contributed by atoms with Crippen molar-refractivity contribution in [2.24, 2.45) is 0 Å². The van der Waals surface area contributed by atoms with Gasteiger partial charge in [-0.1, -0.05) is 0 Å². The third-order valence-corrected chi connectivity index (χ3v) is 6.90. The van der Waals surface area contributed by atoms with Crippen molar-refractivity contribution < 1.29 is 4.74 Å². The number of benzene rings is 1. The van der Waals surface area contributed by atoms with Gasteiger partial charge in [0.05, 0.1) is 0 Å². The predicted molar refractivity (Wildman–Crippen MR) is 90.7 cm³/mol. The Morgan fingerprint density at radius 2 is 2.00 bits per heavy atom. The molecular formula is C16H19AsBrN2O. The zero-order valence-electron chi connectivity index (χ0n) is 12.5. The maximum absolute atomic E-state index is 5.96. The van der Waals surface area contributed by atoms with Crippen molar-refractivity contribution in [1.82, 2.24) is 9.97 Å². The summed E-state index contributed by atoms with van der Waals surface area (Å²) in [5.41, 5.74) is 2.27. The molecule has 0 aliphatic carbocycles. The molecule has 0 bridgehead atoms. The Labute approximate surface area is 141 Å². The van der Waals surface area contributed by atoms with Gasteiger partial charge in [-0.3, -0.25) is 0 Å². The fourth-order valence-electron chi connectivity index (χ4n) is 1.95. The SMILES string of the molecule is Cc1ncnc([As]CCOc2ccccc2C(C)C)c1Br. The fraction of sp³-hybridized carbons (Fsp3) is 0.375. The standard InChI is InChI=1S/C16H19AsBrN2O/c1-11(2)13-6-4-5-7-14(13)21-9-8-17-16-15(18)12(3)19-10-20-16/h4-7,10-11H,8-9H2,1-3H3. The molecule has 1 aromatic carbocycles. The fourth-order valence-corrected chi connectivity index (χ4v) is 4.55. The third-order valence-electron chi connectivity index (χ3n) is 3.10. The summed E-state index contributed by atoms with van der Waals surface area (Å²) < 4.78 is 8.14. The van der Waals surface area contributed by atoms with E-state index in [0.29, 0.717) is 5.92 Å². The Hall–Kier alpha value is -0.862. The van der Waals surface area contributed by atoms with Crippen LogP contribution in [0, 0.1) is 6.92 Å². The number of hydrogen-bond donors (Lipinski definition) is 0. The Morgan fingerprint density at radius 3 is 2.76 bits per heavy atom. The van der Waals surface area contributed by atoms with Gasteiger partial charge >= 0.3 is 141 Å². The van der Waals surface area contributed by atoms with Crippen LogP contribution in [0.15, 0.2) is 35.1 Å². The third kappa shape index (κ3) is 4.55. The molecule has 0 saturated carbocycles. The summed E-state index contributed by atoms with van der Waals surface area (Å²) in [6.07, 6.45) is 1.64. The first-order chi connectivity index (χ1) is 10.1. The summed E-state index contributed by atoms with van der Waals surface area (Å²) >= 11 is 3.56. The van der Waals surface area contributed by atoms with Gasteiger partial charge in [-0.15, -0.1) is 0 Å². The minimum absolute atomic E-state index is 0.00489. The van der Waals surface area contributed by atoms with Gasteiger partial charge in [0.15, 0.2) is 0 Å². The minimum atomic E-state index is -0.00489. The second-order valence-corrected chi connectivity index (χ2v) is 8.30. The van der Waals surface area contributed by atoms with Crippen LogP contribution in [-0.2, 0) is 0 Å². The van der Waals surface area contributed by atoms with Crippen LogP contribution < -0.4 is 9.22 Å². The van der Waals surface area contributed by atoms with Gasteiger partial charge in [0.25, 0.3) is 0 Å². The number of aromatic nitrogens is 2. The molecule has 0 atom stereocenters. The van der Waals surface area contributed by atoms with Crippen LogP contribution in [0.25, 0.3) is 0 Å². The Kier molecular flexibility index (Phi) is 6.25. The topological polar surface area (TPSA) is 35.0 Å². The van der Waals surface area contributed by atoms with Crippen molar-refractivity contribution in [2.75, 3.05) is 6.61 Å². The van der Waals surface area contributed by atoms with Crippen LogP contribution in [0.2, 0.25) is 5.21 Å². The number of para-hydroxylation sites is 1. The van der Waals surface area contributed by atoms with Crippen LogP contribution in [0.5, 0.6) is 5.75 Å². The van der Waals surface area contributed by atoms with Crippen LogP contribution in [-0.4, -0.2) is 32.3 Å². The number of hydrogen-bond acceptors (Lipinski definition) is 3. The molecule has 21 heavy (non-hydrogen) atoms. The van der Waals surface area contributed by atoms with Crippen LogP contribution in [0.4, 0.5) is 0 Å². The summed E-state index contributed by atoms with van der Waals surface area (Å²) in [5, 5.41) is 1.03. The average molecular weight is 410 g/mol. The molecule has 0 N–H and O–H groups in total. The van der Waals surface area contributed by atoms with Gasteiger partial charge in [0, 0.05) is 0 Å². The molecular weight excluding hydrogens is 391 g/mol. The van der Waals surface area contributed by atoms with Crippen molar-refractivity contribution in [3.63, 3.8) is 0 Å². The zero-order chi connectivity index (χ0) is 15.2. The molecule has 5 heteroatoms. The molecule has 111 valence electrons. The molecule has 1 heterocycles. The van der Waals surface area contributed by atoms with Gasteiger partial charge in [0.2, 0.25) is 0 Å². The van der Waals surface area contributed by atoms with E-state index in [1.165, 1.54) is 5.56 Å². The molecule has 0 spiro atoms. The first kappa shape index (κ1) is 16.5. The number of nitrogens with zero attached hydrogens (tertiary/aromatic N) is 2. The van der Waals surface area contributed by atoms with Gasteiger partial charge in [-0.25, -0.2) is 0 Å². The molecule has 0 unspecified atom stereocenters. The summed E-state index contributed by atoms with van der Waals surface area (Å²) in [5.74, 6) is 1.49. The zero-order valence-corrected chi connectivity index (χ0v) is 16.0. The molecule has 1 aromatic heterocycles. The predicted octanol–water partition coefficient (Wildman–Crippen LogP) is 3.50. The second kappa shape index (κ2) is 7.95. The maximum atomic E-state index is 5.96. The monoisotopic (exact) mass is 409 g/mol. The number of rotatable bonds is 6. The van der Waals surface area contributed by atoms with Gasteiger partial charge < -0.3 is 0 Å². The van der Waals surface area contributed by atoms with Gasteiger partial charge in [-0.05, 0) is 0 Å². The molecule has 0 aliphatic heterocycles. The molecule has 0 fully saturated rings. The quantitative estimate of drug-likeness (QED) is 0.541. The average Bonchev–Trinajstić information content (AvgIpc) is 2.48. The van der Waals surface area contributed by atoms with E-state index in [0.717, 1.165) is 32.2 Å². The normalized spacial score (nSPS) is 11.5. The van der Waals surface area contributed by atoms with E-state index in [9.17, 15) is 0 Å². The summed E-state index contributed by atoms with van der Waals surface area (Å²) in [4.78, 5) is 8.53. The Bertz CT molecular complexity index is 605. The van der Waals surface area contributed by atoms with Crippen LogP contribution in [0.1, 0.15) is 31.0 Å². The van der Waals surface area contributed by atoms with E-state index in [-0.39, 0.29) is 15.8 Å². The van der Waals surface area contributed by atoms with Gasteiger partial charge in [-0.2, -0.15) is 0 Å². The Balaban J connectivity index is 1.89. The van der Waals surface area contributed by atoms with Crippen molar-refractivity contribution in [2.45, 2.75) is 31.9 Å². The van der Waals surface area contributed by atoms with Gasteiger partial charge in [0.1, 0.15) is 0 Å². The van der Waals surface area contributed by atoms with Crippen molar-refractivity contribution in [1.29, 1.82) is 0 Å². The van der Waals surface area contributed by atoms with Crippen molar-refractivity contribution >= 4 is 36.2 Å². The number of halogens is 1. The molecule has 0 aliphatic rings. The molecule has 2 rings (SSSR count). The van der Waals surface area contributed by atoms with Crippen molar-refractivity contribution in [3.8, 4) is 5.75 Å². The van der Waals surface area contributed by atoms with Crippen LogP contribution >= 0.6 is 15.9 Å². The van der Waals surface area contributed by atoms with E-state index in [2.05, 4.69) is 57.9 Å². The van der Waals surface area contributed by atoms with E-state index >= 15 is 0 Å². The summed E-state index contributed by atoms with van der Waals surface area (Å²) in [7, 11) is 0. The van der Waals surface area contributed by atoms with E-state index in [4.69, 9.17) is 4.74 Å². The van der Waals surface area contributed by atoms with E-state index in [1.54, 1.807) is 6.33 Å². The molecule has 1 radical (unpaired) electrons. The molecule has 2 aromatic rings. The first-order valence-electron chi connectivity index (χ1n) is 6.96. The summed E-state index contributed by atoms with van der Waals surface area (Å²) in [6.45, 7) is 7.11. The van der Waals surface area contributed by atoms with Crippen LogP contribution in [0.3, 0.4) is 0 Å². The Morgan fingerprint density at radius 1 is 1.24 bits per heavy atom. The molecule has 0 amide bonds. The van der Waals surface area contributed by atoms with Crippen molar-refractivity contribution in [3.05, 3.63) is 46.3 Å². The van der Waals surface area contributed by atoms with E-state index < -0.39 is 0 Å². The first-order valence-corrected chi connectivity index (χ1v) is 10.0. The number of ether oxygens (including phenoxy) is 1. The van der Waals surface area contributed by atoms with E-state index in [1.807, 2.05) is 13.0 Å².